The van der Waals surface area contributed by atoms with Crippen molar-refractivity contribution < 1.29 is 0 Å². The molecule has 0 aliphatic heterocycles. The van der Waals surface area contributed by atoms with Crippen molar-refractivity contribution in [2.24, 2.45) is 0 Å². The van der Waals surface area contributed by atoms with Gasteiger partial charge in [0.15, 0.2) is 0 Å². The van der Waals surface area contributed by atoms with Crippen LogP contribution < -0.4 is 0 Å². The van der Waals surface area contributed by atoms with Crippen molar-refractivity contribution in [1.82, 2.24) is 0 Å². The van der Waals surface area contributed by atoms with E-state index >= 15 is 0 Å². The SMILES string of the molecule is BrC(Br)=C1C#CC#CC(=C(Br)Br)CCCCCCCCC1. The highest BCUT2D eigenvalue weighted by molar-refractivity contribution is 9.28. The zero-order chi connectivity index (χ0) is 15.5. The predicted molar refractivity (Wildman–Crippen MR) is 107 cm³/mol. The van der Waals surface area contributed by atoms with Gasteiger partial charge >= 0.3 is 0 Å². The quantitative estimate of drug-likeness (QED) is 0.278. The summed E-state index contributed by atoms with van der Waals surface area (Å²) in [5.41, 5.74) is 2.20. The fourth-order valence-electron chi connectivity index (χ4n) is 2.11. The highest BCUT2D eigenvalue weighted by Crippen LogP contribution is 2.25. The Morgan fingerprint density at radius 3 is 1.24 bits per heavy atom. The molecule has 4 heteroatoms. The molecular formula is C17H18Br4. The van der Waals surface area contributed by atoms with Crippen LogP contribution in [-0.4, -0.2) is 0 Å². The van der Waals surface area contributed by atoms with Crippen LogP contribution in [0.4, 0.5) is 0 Å². The second kappa shape index (κ2) is 12.0. The van der Waals surface area contributed by atoms with Crippen LogP contribution in [0.3, 0.4) is 0 Å². The summed E-state index contributed by atoms with van der Waals surface area (Å²) in [6, 6.07) is 0. The molecule has 1 aliphatic carbocycles. The average Bonchev–Trinajstić information content (AvgIpc) is 2.44. The molecule has 0 bridgehead atoms. The van der Waals surface area contributed by atoms with Crippen LogP contribution in [0, 0.1) is 23.7 Å². The first kappa shape index (κ1) is 19.6. The lowest BCUT2D eigenvalue weighted by Crippen LogP contribution is -1.85. The van der Waals surface area contributed by atoms with Gasteiger partial charge in [0.05, 0.1) is 6.78 Å². The second-order valence-corrected chi connectivity index (χ2v) is 10.3. The van der Waals surface area contributed by atoms with E-state index in [4.69, 9.17) is 0 Å². The van der Waals surface area contributed by atoms with E-state index < -0.39 is 0 Å². The van der Waals surface area contributed by atoms with Gasteiger partial charge in [-0.15, -0.1) is 0 Å². The zero-order valence-electron chi connectivity index (χ0n) is 11.9. The Morgan fingerprint density at radius 2 is 0.905 bits per heavy atom. The minimum Gasteiger partial charge on any atom is -0.0555 e. The van der Waals surface area contributed by atoms with Crippen LogP contribution in [0.2, 0.25) is 0 Å². The Hall–Kier alpha value is 0.520. The summed E-state index contributed by atoms with van der Waals surface area (Å²) in [6.07, 6.45) is 10.9. The average molecular weight is 542 g/mol. The van der Waals surface area contributed by atoms with Crippen LogP contribution in [-0.2, 0) is 0 Å². The lowest BCUT2D eigenvalue weighted by atomic mass is 10.0. The summed E-state index contributed by atoms with van der Waals surface area (Å²) in [5.74, 6) is 12.2. The van der Waals surface area contributed by atoms with E-state index in [0.29, 0.717) is 0 Å². The number of halogens is 4. The van der Waals surface area contributed by atoms with Gasteiger partial charge in [-0.3, -0.25) is 0 Å². The molecule has 0 fully saturated rings. The predicted octanol–water partition coefficient (Wildman–Crippen LogP) is 7.52. The molecule has 0 N–H and O–H groups in total. The third kappa shape index (κ3) is 9.29. The summed E-state index contributed by atoms with van der Waals surface area (Å²) < 4.78 is 1.90. The van der Waals surface area contributed by atoms with Gasteiger partial charge < -0.3 is 0 Å². The molecule has 0 atom stereocenters. The first-order valence-electron chi connectivity index (χ1n) is 7.21. The Labute approximate surface area is 162 Å². The normalized spacial score (nSPS) is 17.5. The third-order valence-corrected chi connectivity index (χ3v) is 5.21. The molecule has 1 aliphatic rings. The molecule has 1 rings (SSSR count). The lowest BCUT2D eigenvalue weighted by Gasteiger charge is -2.03. The van der Waals surface area contributed by atoms with Gasteiger partial charge in [-0.2, -0.15) is 0 Å². The van der Waals surface area contributed by atoms with Gasteiger partial charge in [-0.05, 0) is 101 Å². The molecule has 0 nitrogen and oxygen atoms in total. The van der Waals surface area contributed by atoms with Gasteiger partial charge in [0.2, 0.25) is 0 Å². The highest BCUT2D eigenvalue weighted by Gasteiger charge is 2.01. The molecule has 21 heavy (non-hydrogen) atoms. The summed E-state index contributed by atoms with van der Waals surface area (Å²) >= 11 is 13.9. The number of rotatable bonds is 0. The van der Waals surface area contributed by atoms with E-state index in [-0.39, 0.29) is 0 Å². The molecule has 0 heterocycles. The molecule has 0 radical (unpaired) electrons. The third-order valence-electron chi connectivity index (χ3n) is 3.30. The maximum absolute atomic E-state index is 3.47. The topological polar surface area (TPSA) is 0 Å². The van der Waals surface area contributed by atoms with E-state index in [0.717, 1.165) is 30.8 Å². The first-order valence-corrected chi connectivity index (χ1v) is 10.4. The Kier molecular flexibility index (Phi) is 11.2. The van der Waals surface area contributed by atoms with Gasteiger partial charge in [0.25, 0.3) is 0 Å². The van der Waals surface area contributed by atoms with Crippen molar-refractivity contribution in [3.8, 4) is 23.7 Å². The van der Waals surface area contributed by atoms with Gasteiger partial charge in [-0.25, -0.2) is 0 Å². The van der Waals surface area contributed by atoms with E-state index in [9.17, 15) is 0 Å². The molecule has 0 spiro atoms. The highest BCUT2D eigenvalue weighted by atomic mass is 79.9. The van der Waals surface area contributed by atoms with Crippen LogP contribution in [0.15, 0.2) is 17.9 Å². The van der Waals surface area contributed by atoms with Crippen molar-refractivity contribution in [2.45, 2.75) is 57.8 Å². The first-order chi connectivity index (χ1) is 10.1. The van der Waals surface area contributed by atoms with Crippen LogP contribution in [0.5, 0.6) is 0 Å². The van der Waals surface area contributed by atoms with Crippen molar-refractivity contribution in [3.05, 3.63) is 17.9 Å². The molecule has 0 saturated heterocycles. The zero-order valence-corrected chi connectivity index (χ0v) is 18.2. The van der Waals surface area contributed by atoms with Crippen LogP contribution >= 0.6 is 63.7 Å². The van der Waals surface area contributed by atoms with E-state index in [1.807, 2.05) is 0 Å². The second-order valence-electron chi connectivity index (χ2n) is 4.95. The largest absolute Gasteiger partial charge is 0.0719 e. The maximum Gasteiger partial charge on any atom is 0.0719 e. The summed E-state index contributed by atoms with van der Waals surface area (Å²) in [7, 11) is 0. The van der Waals surface area contributed by atoms with E-state index in [1.54, 1.807) is 0 Å². The van der Waals surface area contributed by atoms with Crippen molar-refractivity contribution in [3.63, 3.8) is 0 Å². The monoisotopic (exact) mass is 538 g/mol. The van der Waals surface area contributed by atoms with Crippen molar-refractivity contribution in [1.29, 1.82) is 0 Å². The molecule has 0 saturated carbocycles. The van der Waals surface area contributed by atoms with Gasteiger partial charge in [0, 0.05) is 11.1 Å². The minimum atomic E-state index is 0.950. The van der Waals surface area contributed by atoms with Crippen molar-refractivity contribution in [2.75, 3.05) is 0 Å². The Balaban J connectivity index is 2.87. The molecule has 0 aromatic heterocycles. The molecule has 0 aromatic rings. The molecular weight excluding hydrogens is 524 g/mol. The number of hydrogen-bond acceptors (Lipinski definition) is 0. The Morgan fingerprint density at radius 1 is 0.571 bits per heavy atom. The fraction of sp³-hybridized carbons (Fsp3) is 0.529. The lowest BCUT2D eigenvalue weighted by molar-refractivity contribution is 0.580. The molecule has 0 aromatic carbocycles. The Bertz CT molecular complexity index is 464. The van der Waals surface area contributed by atoms with Crippen LogP contribution in [0.1, 0.15) is 57.8 Å². The molecule has 0 amide bonds. The number of allylic oxidation sites excluding steroid dienone is 2. The molecule has 114 valence electrons. The fourth-order valence-corrected chi connectivity index (χ4v) is 3.30. The van der Waals surface area contributed by atoms with E-state index in [2.05, 4.69) is 87.4 Å². The van der Waals surface area contributed by atoms with Crippen LogP contribution in [0.25, 0.3) is 0 Å². The smallest absolute Gasteiger partial charge is 0.0555 e. The molecule has 0 unspecified atom stereocenters. The summed E-state index contributed by atoms with van der Waals surface area (Å²) in [6.45, 7) is 0. The van der Waals surface area contributed by atoms with Gasteiger partial charge in [0.1, 0.15) is 0 Å². The van der Waals surface area contributed by atoms with E-state index in [1.165, 1.54) is 44.9 Å². The summed E-state index contributed by atoms with van der Waals surface area (Å²) in [4.78, 5) is 0. The number of hydrogen-bond donors (Lipinski definition) is 0. The standard InChI is InChI=1S/C17H18Br4/c18-16(19)14-10-6-4-2-1-3-5-7-11-15(17(20)21)13-9-8-12-14/h1-7,10-11H2. The maximum atomic E-state index is 3.47. The van der Waals surface area contributed by atoms with Gasteiger partial charge in [-0.1, -0.05) is 43.9 Å². The minimum absolute atomic E-state index is 0.950. The van der Waals surface area contributed by atoms with Crippen molar-refractivity contribution >= 4 is 63.7 Å². The summed E-state index contributed by atoms with van der Waals surface area (Å²) in [5, 5.41) is 0.